The molecule has 2 unspecified atom stereocenters. The van der Waals surface area contributed by atoms with E-state index in [2.05, 4.69) is 26.6 Å². The predicted octanol–water partition coefficient (Wildman–Crippen LogP) is 5.49. The highest BCUT2D eigenvalue weighted by molar-refractivity contribution is 9.10. The third-order valence-corrected chi connectivity index (χ3v) is 8.64. The number of nitrogens with one attached hydrogen (secondary N) is 2. The largest absolute Gasteiger partial charge is 0.496 e. The molecule has 1 aliphatic rings. The van der Waals surface area contributed by atoms with Crippen LogP contribution in [0.15, 0.2) is 83.3 Å². The van der Waals surface area contributed by atoms with E-state index in [-0.39, 0.29) is 18.7 Å². The average molecular weight is 714 g/mol. The molecule has 47 heavy (non-hydrogen) atoms. The van der Waals surface area contributed by atoms with Crippen LogP contribution in [0.2, 0.25) is 0 Å². The molecule has 0 aromatic heterocycles. The number of aliphatic hydroxyl groups excluding tert-OH is 1. The number of carbonyl (C=O) groups excluding carboxylic acids is 3. The van der Waals surface area contributed by atoms with Crippen molar-refractivity contribution in [2.45, 2.75) is 37.8 Å². The molecule has 1 aliphatic heterocycles. The van der Waals surface area contributed by atoms with Crippen LogP contribution in [0, 0.1) is 0 Å². The van der Waals surface area contributed by atoms with Gasteiger partial charge in [0.25, 0.3) is 11.8 Å². The SMILES string of the molecule is CNC(C)C(=O)N[C@H]1CN(C(=O)c2ccc(C(O)C(F)(F)F)cc2)c2ccccc2N(Cc2c(OC)ccc3cc(Br)ccc23)C1=O. The maximum absolute atomic E-state index is 14.4. The number of fused-ring (bicyclic) bond motifs is 2. The van der Waals surface area contributed by atoms with Gasteiger partial charge in [-0.25, -0.2) is 0 Å². The van der Waals surface area contributed by atoms with Crippen molar-refractivity contribution in [1.29, 1.82) is 0 Å². The second-order valence-corrected chi connectivity index (χ2v) is 12.0. The third-order valence-electron chi connectivity index (χ3n) is 8.15. The van der Waals surface area contributed by atoms with Gasteiger partial charge in [-0.1, -0.05) is 52.3 Å². The van der Waals surface area contributed by atoms with E-state index in [0.29, 0.717) is 22.7 Å². The molecule has 4 aromatic carbocycles. The molecule has 0 bridgehead atoms. The summed E-state index contributed by atoms with van der Waals surface area (Å²) in [6.07, 6.45) is -7.59. The van der Waals surface area contributed by atoms with Crippen LogP contribution in [0.4, 0.5) is 24.5 Å². The van der Waals surface area contributed by atoms with Crippen molar-refractivity contribution in [3.8, 4) is 5.75 Å². The highest BCUT2D eigenvalue weighted by Gasteiger charge is 2.40. The first-order valence-corrected chi connectivity index (χ1v) is 15.4. The van der Waals surface area contributed by atoms with Crippen LogP contribution in [-0.2, 0) is 16.1 Å². The van der Waals surface area contributed by atoms with E-state index in [1.165, 1.54) is 29.0 Å². The Morgan fingerprint density at radius 1 is 1.04 bits per heavy atom. The molecular weight excluding hydrogens is 681 g/mol. The maximum Gasteiger partial charge on any atom is 0.418 e. The molecule has 4 aromatic rings. The summed E-state index contributed by atoms with van der Waals surface area (Å²) < 4.78 is 45.9. The van der Waals surface area contributed by atoms with Gasteiger partial charge in [0.2, 0.25) is 5.91 Å². The second-order valence-electron chi connectivity index (χ2n) is 11.1. The Balaban J connectivity index is 1.61. The van der Waals surface area contributed by atoms with E-state index >= 15 is 0 Å². The number of carbonyl (C=O) groups is 3. The Labute approximate surface area is 277 Å². The average Bonchev–Trinajstić information content (AvgIpc) is 3.17. The van der Waals surface area contributed by atoms with Crippen molar-refractivity contribution in [3.05, 3.63) is 100 Å². The summed E-state index contributed by atoms with van der Waals surface area (Å²) in [6, 6.07) is 18.8. The number of anilines is 2. The third kappa shape index (κ3) is 6.97. The van der Waals surface area contributed by atoms with Crippen LogP contribution < -0.4 is 25.2 Å². The highest BCUT2D eigenvalue weighted by atomic mass is 79.9. The molecule has 1 heterocycles. The minimum atomic E-state index is -4.88. The van der Waals surface area contributed by atoms with E-state index in [9.17, 15) is 32.7 Å². The number of amides is 3. The van der Waals surface area contributed by atoms with Crippen molar-refractivity contribution < 1.29 is 37.4 Å². The van der Waals surface area contributed by atoms with Crippen molar-refractivity contribution in [2.24, 2.45) is 0 Å². The molecule has 0 saturated heterocycles. The van der Waals surface area contributed by atoms with Gasteiger partial charge in [-0.2, -0.15) is 13.2 Å². The Kier molecular flexibility index (Phi) is 9.89. The molecule has 13 heteroatoms. The first-order valence-electron chi connectivity index (χ1n) is 14.6. The zero-order valence-corrected chi connectivity index (χ0v) is 27.2. The van der Waals surface area contributed by atoms with E-state index in [0.717, 1.165) is 27.4 Å². The summed E-state index contributed by atoms with van der Waals surface area (Å²) in [6.45, 7) is 1.39. The molecule has 0 aliphatic carbocycles. The number of halogens is 4. The monoisotopic (exact) mass is 712 g/mol. The fourth-order valence-electron chi connectivity index (χ4n) is 5.49. The van der Waals surface area contributed by atoms with Gasteiger partial charge in [0.15, 0.2) is 6.10 Å². The summed E-state index contributed by atoms with van der Waals surface area (Å²) in [5.41, 5.74) is 1.03. The number of ether oxygens (including phenoxy) is 1. The molecule has 5 rings (SSSR count). The topological polar surface area (TPSA) is 111 Å². The van der Waals surface area contributed by atoms with Crippen LogP contribution in [0.25, 0.3) is 10.8 Å². The summed E-state index contributed by atoms with van der Waals surface area (Å²) >= 11 is 3.50. The zero-order chi connectivity index (χ0) is 34.0. The zero-order valence-electron chi connectivity index (χ0n) is 25.6. The van der Waals surface area contributed by atoms with Crippen molar-refractivity contribution in [3.63, 3.8) is 0 Å². The first-order chi connectivity index (χ1) is 22.3. The number of aliphatic hydroxyl groups is 1. The highest BCUT2D eigenvalue weighted by Crippen LogP contribution is 2.38. The molecule has 246 valence electrons. The Morgan fingerprint density at radius 3 is 2.36 bits per heavy atom. The smallest absolute Gasteiger partial charge is 0.418 e. The summed E-state index contributed by atoms with van der Waals surface area (Å²) in [5.74, 6) is -1.03. The van der Waals surface area contributed by atoms with Crippen LogP contribution in [-0.4, -0.2) is 61.8 Å². The number of para-hydroxylation sites is 2. The van der Waals surface area contributed by atoms with Gasteiger partial charge < -0.3 is 30.3 Å². The van der Waals surface area contributed by atoms with Crippen molar-refractivity contribution >= 4 is 55.8 Å². The lowest BCUT2D eigenvalue weighted by Crippen LogP contribution is -2.55. The number of alkyl halides is 3. The summed E-state index contributed by atoms with van der Waals surface area (Å²) in [7, 11) is 3.13. The Bertz CT molecular complexity index is 1820. The molecule has 3 N–H and O–H groups in total. The van der Waals surface area contributed by atoms with Gasteiger partial charge in [0.05, 0.1) is 37.6 Å². The maximum atomic E-state index is 14.4. The molecule has 0 saturated carbocycles. The van der Waals surface area contributed by atoms with Crippen LogP contribution in [0.3, 0.4) is 0 Å². The summed E-state index contributed by atoms with van der Waals surface area (Å²) in [4.78, 5) is 44.4. The minimum Gasteiger partial charge on any atom is -0.496 e. The van der Waals surface area contributed by atoms with Gasteiger partial charge >= 0.3 is 6.18 Å². The number of benzene rings is 4. The number of rotatable bonds is 8. The molecule has 0 spiro atoms. The van der Waals surface area contributed by atoms with Crippen LogP contribution >= 0.6 is 15.9 Å². The molecular formula is C34H32BrF3N4O5. The first kappa shape index (κ1) is 33.9. The molecule has 3 amide bonds. The predicted molar refractivity (Wildman–Crippen MR) is 175 cm³/mol. The molecule has 3 atom stereocenters. The molecule has 9 nitrogen and oxygen atoms in total. The quantitative estimate of drug-likeness (QED) is 0.223. The normalized spacial score (nSPS) is 16.3. The van der Waals surface area contributed by atoms with E-state index in [4.69, 9.17) is 4.74 Å². The fourth-order valence-corrected chi connectivity index (χ4v) is 5.87. The Morgan fingerprint density at radius 2 is 1.72 bits per heavy atom. The molecule has 0 radical (unpaired) electrons. The second kappa shape index (κ2) is 13.7. The van der Waals surface area contributed by atoms with Crippen molar-refractivity contribution in [2.75, 3.05) is 30.5 Å². The van der Waals surface area contributed by atoms with Gasteiger partial charge in [-0.15, -0.1) is 0 Å². The van der Waals surface area contributed by atoms with Gasteiger partial charge in [-0.3, -0.25) is 14.4 Å². The summed E-state index contributed by atoms with van der Waals surface area (Å²) in [5, 5.41) is 17.0. The Hall–Kier alpha value is -4.46. The fraction of sp³-hybridized carbons (Fsp3) is 0.265. The van der Waals surface area contributed by atoms with E-state index < -0.39 is 47.6 Å². The lowest BCUT2D eigenvalue weighted by molar-refractivity contribution is -0.206. The van der Waals surface area contributed by atoms with Crippen LogP contribution in [0.5, 0.6) is 5.75 Å². The number of methoxy groups -OCH3 is 1. The number of hydrogen-bond donors (Lipinski definition) is 3. The number of hydrogen-bond acceptors (Lipinski definition) is 6. The standard InChI is InChI=1S/C34H32BrF3N4O5/c1-19(39-2)31(44)40-26-18-42(32(45)21-10-8-20(9-11-21)30(43)34(36,37)38)28-7-5-4-6-27(28)41(33(26)46)17-25-24-14-13-23(35)16-22(24)12-15-29(25)47-3/h4-16,19,26,30,39,43H,17-18H2,1-3H3,(H,40,44)/t19?,26-,30?/m0/s1. The van der Waals surface area contributed by atoms with Gasteiger partial charge in [-0.05, 0) is 72.8 Å². The lowest BCUT2D eigenvalue weighted by atomic mass is 10.0. The van der Waals surface area contributed by atoms with E-state index in [1.54, 1.807) is 44.3 Å². The van der Waals surface area contributed by atoms with E-state index in [1.807, 2.05) is 24.3 Å². The van der Waals surface area contributed by atoms with Crippen molar-refractivity contribution in [1.82, 2.24) is 10.6 Å². The van der Waals surface area contributed by atoms with Gasteiger partial charge in [0.1, 0.15) is 11.8 Å². The van der Waals surface area contributed by atoms with Gasteiger partial charge in [0, 0.05) is 15.6 Å². The molecule has 0 fully saturated rings. The minimum absolute atomic E-state index is 0.0220. The number of likely N-dealkylation sites (N-methyl/N-ethyl adjacent to an activating group) is 1. The number of nitrogens with zero attached hydrogens (tertiary/aromatic N) is 2. The lowest BCUT2D eigenvalue weighted by Gasteiger charge is -2.27. The van der Waals surface area contributed by atoms with Crippen LogP contribution in [0.1, 0.15) is 34.5 Å².